The zero-order valence-electron chi connectivity index (χ0n) is 12.5. The SMILES string of the molecule is CCC1([C@@]2(C(=O)OC(C)C)CCCN2)CCSCC1. The Morgan fingerprint density at radius 3 is 2.47 bits per heavy atom. The van der Waals surface area contributed by atoms with Crippen LogP contribution in [0.25, 0.3) is 0 Å². The number of thioether (sulfide) groups is 1. The molecule has 0 aromatic heterocycles. The highest BCUT2D eigenvalue weighted by molar-refractivity contribution is 7.99. The number of carbonyl (C=O) groups excluding carboxylic acids is 1. The monoisotopic (exact) mass is 285 g/mol. The van der Waals surface area contributed by atoms with E-state index >= 15 is 0 Å². The smallest absolute Gasteiger partial charge is 0.327 e. The predicted molar refractivity (Wildman–Crippen MR) is 80.5 cm³/mol. The summed E-state index contributed by atoms with van der Waals surface area (Å²) >= 11 is 2.02. The van der Waals surface area contributed by atoms with E-state index in [2.05, 4.69) is 12.2 Å². The number of carbonyl (C=O) groups is 1. The molecule has 19 heavy (non-hydrogen) atoms. The fourth-order valence-corrected chi connectivity index (χ4v) is 5.02. The maximum Gasteiger partial charge on any atom is 0.327 e. The average molecular weight is 285 g/mol. The van der Waals surface area contributed by atoms with Gasteiger partial charge in [-0.1, -0.05) is 6.92 Å². The second kappa shape index (κ2) is 6.04. The van der Waals surface area contributed by atoms with E-state index in [4.69, 9.17) is 4.74 Å². The van der Waals surface area contributed by atoms with Crippen molar-refractivity contribution in [2.45, 2.75) is 64.5 Å². The highest BCUT2D eigenvalue weighted by Gasteiger charge is 2.57. The van der Waals surface area contributed by atoms with Crippen molar-refractivity contribution < 1.29 is 9.53 Å². The molecule has 0 radical (unpaired) electrons. The molecule has 2 rings (SSSR count). The van der Waals surface area contributed by atoms with Crippen LogP contribution >= 0.6 is 11.8 Å². The summed E-state index contributed by atoms with van der Waals surface area (Å²) in [6.45, 7) is 7.06. The van der Waals surface area contributed by atoms with Gasteiger partial charge in [-0.15, -0.1) is 0 Å². The standard InChI is InChI=1S/C15H27NO2S/c1-4-14(7-10-19-11-8-14)15(6-5-9-16-15)13(17)18-12(2)3/h12,16H,4-11H2,1-3H3/t15-/m0/s1. The maximum atomic E-state index is 12.7. The van der Waals surface area contributed by atoms with Crippen molar-refractivity contribution in [2.24, 2.45) is 5.41 Å². The van der Waals surface area contributed by atoms with Crippen LogP contribution in [-0.4, -0.2) is 35.7 Å². The Kier molecular flexibility index (Phi) is 4.83. The minimum Gasteiger partial charge on any atom is -0.462 e. The third-order valence-corrected chi connectivity index (χ3v) is 5.86. The third-order valence-electron chi connectivity index (χ3n) is 4.88. The van der Waals surface area contributed by atoms with Gasteiger partial charge < -0.3 is 10.1 Å². The quantitative estimate of drug-likeness (QED) is 0.806. The van der Waals surface area contributed by atoms with Crippen molar-refractivity contribution >= 4 is 17.7 Å². The van der Waals surface area contributed by atoms with Crippen molar-refractivity contribution in [3.05, 3.63) is 0 Å². The largest absolute Gasteiger partial charge is 0.462 e. The number of hydrogen-bond donors (Lipinski definition) is 1. The van der Waals surface area contributed by atoms with Crippen LogP contribution in [0.3, 0.4) is 0 Å². The Morgan fingerprint density at radius 2 is 2.00 bits per heavy atom. The van der Waals surface area contributed by atoms with Crippen LogP contribution < -0.4 is 5.32 Å². The first kappa shape index (κ1) is 15.2. The molecule has 0 bridgehead atoms. The summed E-state index contributed by atoms with van der Waals surface area (Å²) in [4.78, 5) is 12.7. The molecule has 2 saturated heterocycles. The fraction of sp³-hybridized carbons (Fsp3) is 0.933. The summed E-state index contributed by atoms with van der Waals surface area (Å²) in [5, 5.41) is 3.55. The number of esters is 1. The van der Waals surface area contributed by atoms with Crippen LogP contribution in [0.15, 0.2) is 0 Å². The summed E-state index contributed by atoms with van der Waals surface area (Å²) in [5.41, 5.74) is -0.326. The van der Waals surface area contributed by atoms with Crippen molar-refractivity contribution in [3.63, 3.8) is 0 Å². The van der Waals surface area contributed by atoms with Crippen molar-refractivity contribution in [2.75, 3.05) is 18.1 Å². The van der Waals surface area contributed by atoms with Gasteiger partial charge in [-0.2, -0.15) is 11.8 Å². The molecule has 3 nitrogen and oxygen atoms in total. The predicted octanol–water partition coefficient (Wildman–Crippen LogP) is 2.98. The molecule has 0 amide bonds. The van der Waals surface area contributed by atoms with Gasteiger partial charge in [0.25, 0.3) is 0 Å². The Hall–Kier alpha value is -0.220. The van der Waals surface area contributed by atoms with Crippen LogP contribution in [0, 0.1) is 5.41 Å². The molecule has 1 N–H and O–H groups in total. The maximum absolute atomic E-state index is 12.7. The molecular formula is C15H27NO2S. The molecular weight excluding hydrogens is 258 g/mol. The van der Waals surface area contributed by atoms with E-state index in [1.165, 1.54) is 11.5 Å². The number of hydrogen-bond acceptors (Lipinski definition) is 4. The lowest BCUT2D eigenvalue weighted by Crippen LogP contribution is -2.62. The van der Waals surface area contributed by atoms with E-state index in [1.54, 1.807) is 0 Å². The highest BCUT2D eigenvalue weighted by Crippen LogP contribution is 2.50. The van der Waals surface area contributed by atoms with Gasteiger partial charge in [0.2, 0.25) is 0 Å². The summed E-state index contributed by atoms with van der Waals surface area (Å²) in [7, 11) is 0. The summed E-state index contributed by atoms with van der Waals surface area (Å²) < 4.78 is 5.61. The molecule has 0 saturated carbocycles. The molecule has 2 fully saturated rings. The molecule has 2 aliphatic rings. The Morgan fingerprint density at radius 1 is 1.32 bits per heavy atom. The van der Waals surface area contributed by atoms with Crippen molar-refractivity contribution in [1.29, 1.82) is 0 Å². The third kappa shape index (κ3) is 2.66. The minimum atomic E-state index is -0.424. The number of ether oxygens (including phenoxy) is 1. The van der Waals surface area contributed by atoms with E-state index < -0.39 is 5.54 Å². The van der Waals surface area contributed by atoms with Gasteiger partial charge in [-0.3, -0.25) is 4.79 Å². The second-order valence-corrected chi connectivity index (χ2v) is 7.36. The van der Waals surface area contributed by atoms with Crippen LogP contribution in [0.2, 0.25) is 0 Å². The lowest BCUT2D eigenvalue weighted by Gasteiger charge is -2.49. The normalized spacial score (nSPS) is 30.5. The lowest BCUT2D eigenvalue weighted by molar-refractivity contribution is -0.162. The van der Waals surface area contributed by atoms with Crippen LogP contribution in [0.4, 0.5) is 0 Å². The summed E-state index contributed by atoms with van der Waals surface area (Å²) in [6, 6.07) is 0. The number of rotatable bonds is 4. The Bertz CT molecular complexity index is 318. The fourth-order valence-electron chi connectivity index (χ4n) is 3.75. The van der Waals surface area contributed by atoms with E-state index in [9.17, 15) is 4.79 Å². The Labute approximate surface area is 121 Å². The molecule has 2 aliphatic heterocycles. The second-order valence-electron chi connectivity index (χ2n) is 6.14. The Balaban J connectivity index is 2.29. The van der Waals surface area contributed by atoms with Crippen LogP contribution in [-0.2, 0) is 9.53 Å². The van der Waals surface area contributed by atoms with E-state index in [1.807, 2.05) is 25.6 Å². The minimum absolute atomic E-state index is 0.00579. The summed E-state index contributed by atoms with van der Waals surface area (Å²) in [5.74, 6) is 2.34. The zero-order valence-corrected chi connectivity index (χ0v) is 13.3. The average Bonchev–Trinajstić information content (AvgIpc) is 2.90. The van der Waals surface area contributed by atoms with Crippen molar-refractivity contribution in [1.82, 2.24) is 5.32 Å². The zero-order chi connectivity index (χ0) is 13.9. The van der Waals surface area contributed by atoms with Gasteiger partial charge in [0, 0.05) is 5.41 Å². The van der Waals surface area contributed by atoms with Gasteiger partial charge in [0.1, 0.15) is 5.54 Å². The van der Waals surface area contributed by atoms with Crippen molar-refractivity contribution in [3.8, 4) is 0 Å². The first-order valence-corrected chi connectivity index (χ1v) is 8.76. The molecule has 2 heterocycles. The molecule has 1 atom stereocenters. The summed E-state index contributed by atoms with van der Waals surface area (Å²) in [6.07, 6.45) is 5.33. The molecule has 110 valence electrons. The molecule has 0 aliphatic carbocycles. The first-order valence-electron chi connectivity index (χ1n) is 7.60. The highest BCUT2D eigenvalue weighted by atomic mass is 32.2. The van der Waals surface area contributed by atoms with Gasteiger partial charge in [-0.05, 0) is 64.0 Å². The lowest BCUT2D eigenvalue weighted by atomic mass is 9.63. The van der Waals surface area contributed by atoms with Crippen LogP contribution in [0.5, 0.6) is 0 Å². The molecule has 0 spiro atoms. The molecule has 0 aromatic rings. The van der Waals surface area contributed by atoms with E-state index in [0.717, 1.165) is 38.6 Å². The van der Waals surface area contributed by atoms with Gasteiger partial charge in [0.05, 0.1) is 6.10 Å². The number of nitrogens with one attached hydrogen (secondary N) is 1. The van der Waals surface area contributed by atoms with Gasteiger partial charge >= 0.3 is 5.97 Å². The van der Waals surface area contributed by atoms with Gasteiger partial charge in [0.15, 0.2) is 0 Å². The molecule has 0 unspecified atom stereocenters. The molecule has 0 aromatic carbocycles. The topological polar surface area (TPSA) is 38.3 Å². The van der Waals surface area contributed by atoms with Crippen LogP contribution in [0.1, 0.15) is 52.9 Å². The van der Waals surface area contributed by atoms with E-state index in [0.29, 0.717) is 0 Å². The van der Waals surface area contributed by atoms with Gasteiger partial charge in [-0.25, -0.2) is 0 Å². The first-order chi connectivity index (χ1) is 9.06. The van der Waals surface area contributed by atoms with E-state index in [-0.39, 0.29) is 17.5 Å². The molecule has 4 heteroatoms.